The van der Waals surface area contributed by atoms with E-state index in [1.54, 1.807) is 18.3 Å². The van der Waals surface area contributed by atoms with Crippen molar-refractivity contribution in [1.82, 2.24) is 24.6 Å². The highest BCUT2D eigenvalue weighted by Crippen LogP contribution is 2.17. The van der Waals surface area contributed by atoms with Crippen LogP contribution in [0.2, 0.25) is 5.02 Å². The van der Waals surface area contributed by atoms with Crippen LogP contribution < -0.4 is 0 Å². The van der Waals surface area contributed by atoms with E-state index in [0.717, 1.165) is 39.0 Å². The number of amides is 1. The third-order valence-electron chi connectivity index (χ3n) is 4.58. The number of likely N-dealkylation sites (tertiary alicyclic amines) is 1. The van der Waals surface area contributed by atoms with Crippen LogP contribution in [0.25, 0.3) is 0 Å². The Bertz CT molecular complexity index is 650. The predicted octanol–water partition coefficient (Wildman–Crippen LogP) is 2.17. The van der Waals surface area contributed by atoms with Crippen molar-refractivity contribution >= 4 is 17.5 Å². The number of pyridine rings is 1. The van der Waals surface area contributed by atoms with Gasteiger partial charge in [-0.2, -0.15) is 5.10 Å². The largest absolute Gasteiger partial charge is 0.337 e. The molecule has 1 aliphatic heterocycles. The van der Waals surface area contributed by atoms with Crippen LogP contribution in [0, 0.1) is 0 Å². The summed E-state index contributed by atoms with van der Waals surface area (Å²) in [4.78, 5) is 20.9. The quantitative estimate of drug-likeness (QED) is 0.831. The van der Waals surface area contributed by atoms with Gasteiger partial charge in [-0.25, -0.2) is 4.98 Å². The molecule has 2 aromatic rings. The van der Waals surface area contributed by atoms with E-state index >= 15 is 0 Å². The first-order valence-electron chi connectivity index (χ1n) is 8.22. The van der Waals surface area contributed by atoms with E-state index in [1.165, 1.54) is 6.20 Å². The summed E-state index contributed by atoms with van der Waals surface area (Å²) in [6.45, 7) is 3.89. The molecule has 3 rings (SSSR count). The average molecular weight is 348 g/mol. The Balaban J connectivity index is 1.48. The van der Waals surface area contributed by atoms with Gasteiger partial charge in [-0.05, 0) is 31.0 Å². The molecule has 7 heteroatoms. The third-order valence-corrected chi connectivity index (χ3v) is 4.80. The molecule has 24 heavy (non-hydrogen) atoms. The van der Waals surface area contributed by atoms with Crippen LogP contribution in [-0.2, 0) is 6.54 Å². The molecule has 1 fully saturated rings. The lowest BCUT2D eigenvalue weighted by Crippen LogP contribution is -2.46. The maximum atomic E-state index is 12.5. The van der Waals surface area contributed by atoms with Crippen molar-refractivity contribution in [3.63, 3.8) is 0 Å². The van der Waals surface area contributed by atoms with Gasteiger partial charge in [0.25, 0.3) is 5.91 Å². The molecule has 3 heterocycles. The lowest BCUT2D eigenvalue weighted by atomic mass is 10.0. The molecule has 1 saturated heterocycles. The fourth-order valence-electron chi connectivity index (χ4n) is 3.06. The lowest BCUT2D eigenvalue weighted by molar-refractivity contribution is 0.0633. The zero-order valence-electron chi connectivity index (χ0n) is 13.8. The van der Waals surface area contributed by atoms with Crippen LogP contribution in [0.15, 0.2) is 36.8 Å². The maximum Gasteiger partial charge on any atom is 0.272 e. The van der Waals surface area contributed by atoms with Gasteiger partial charge in [-0.15, -0.1) is 0 Å². The Morgan fingerprint density at radius 1 is 1.33 bits per heavy atom. The predicted molar refractivity (Wildman–Crippen MR) is 93.0 cm³/mol. The van der Waals surface area contributed by atoms with Crippen LogP contribution in [0.4, 0.5) is 0 Å². The van der Waals surface area contributed by atoms with Gasteiger partial charge in [0.15, 0.2) is 0 Å². The molecule has 0 aromatic carbocycles. The molecule has 0 atom stereocenters. The van der Waals surface area contributed by atoms with Crippen LogP contribution in [0.1, 0.15) is 23.3 Å². The summed E-state index contributed by atoms with van der Waals surface area (Å²) in [5.41, 5.74) is 0.447. The van der Waals surface area contributed by atoms with Crippen molar-refractivity contribution in [2.24, 2.45) is 0 Å². The fraction of sp³-hybridized carbons (Fsp3) is 0.471. The maximum absolute atomic E-state index is 12.5. The SMILES string of the molecule is CN(C(=O)c1ccc(Cl)cn1)C1CCN(CCn2cccn2)CC1. The van der Waals surface area contributed by atoms with Crippen molar-refractivity contribution < 1.29 is 4.79 Å². The molecule has 1 aliphatic rings. The molecule has 1 amide bonds. The molecular formula is C17H22ClN5O. The second-order valence-electron chi connectivity index (χ2n) is 6.12. The summed E-state index contributed by atoms with van der Waals surface area (Å²) in [6.07, 6.45) is 7.26. The van der Waals surface area contributed by atoms with Gasteiger partial charge in [0.2, 0.25) is 0 Å². The van der Waals surface area contributed by atoms with Crippen molar-refractivity contribution in [3.8, 4) is 0 Å². The first-order valence-corrected chi connectivity index (χ1v) is 8.60. The number of carbonyl (C=O) groups is 1. The summed E-state index contributed by atoms with van der Waals surface area (Å²) in [6, 6.07) is 5.59. The highest BCUT2D eigenvalue weighted by molar-refractivity contribution is 6.30. The Labute approximate surface area is 147 Å². The van der Waals surface area contributed by atoms with E-state index in [-0.39, 0.29) is 11.9 Å². The number of rotatable bonds is 5. The van der Waals surface area contributed by atoms with Crippen molar-refractivity contribution in [1.29, 1.82) is 0 Å². The monoisotopic (exact) mass is 347 g/mol. The summed E-state index contributed by atoms with van der Waals surface area (Å²) < 4.78 is 1.95. The molecule has 0 radical (unpaired) electrons. The first-order chi connectivity index (χ1) is 11.6. The van der Waals surface area contributed by atoms with Crippen LogP contribution >= 0.6 is 11.6 Å². The Hall–Kier alpha value is -1.92. The van der Waals surface area contributed by atoms with E-state index in [0.29, 0.717) is 10.7 Å². The fourth-order valence-corrected chi connectivity index (χ4v) is 3.17. The molecule has 0 saturated carbocycles. The van der Waals surface area contributed by atoms with Gasteiger partial charge in [0.1, 0.15) is 5.69 Å². The van der Waals surface area contributed by atoms with Crippen molar-refractivity contribution in [2.75, 3.05) is 26.7 Å². The molecule has 6 nitrogen and oxygen atoms in total. The standard InChI is InChI=1S/C17H22ClN5O/c1-21(17(24)16-4-3-14(18)13-19-16)15-5-9-22(10-6-15)11-12-23-8-2-7-20-23/h2-4,7-8,13,15H,5-6,9-12H2,1H3. The molecule has 2 aromatic heterocycles. The lowest BCUT2D eigenvalue weighted by Gasteiger charge is -2.36. The number of halogens is 1. The van der Waals surface area contributed by atoms with Crippen LogP contribution in [-0.4, -0.2) is 63.2 Å². The Kier molecular flexibility index (Phi) is 5.48. The minimum Gasteiger partial charge on any atom is -0.337 e. The minimum absolute atomic E-state index is 0.0401. The third kappa shape index (κ3) is 4.13. The van der Waals surface area contributed by atoms with Crippen LogP contribution in [0.5, 0.6) is 0 Å². The number of nitrogens with zero attached hydrogens (tertiary/aromatic N) is 5. The van der Waals surface area contributed by atoms with Gasteiger partial charge in [0.05, 0.1) is 11.6 Å². The highest BCUT2D eigenvalue weighted by atomic mass is 35.5. The molecule has 0 N–H and O–H groups in total. The summed E-state index contributed by atoms with van der Waals surface area (Å²) in [7, 11) is 1.86. The number of piperidine rings is 1. The molecule has 128 valence electrons. The van der Waals surface area contributed by atoms with Gasteiger partial charge in [-0.3, -0.25) is 9.48 Å². The zero-order valence-corrected chi connectivity index (χ0v) is 14.6. The van der Waals surface area contributed by atoms with E-state index < -0.39 is 0 Å². The van der Waals surface area contributed by atoms with Crippen LogP contribution in [0.3, 0.4) is 0 Å². The molecule has 0 aliphatic carbocycles. The normalized spacial score (nSPS) is 16.2. The van der Waals surface area contributed by atoms with E-state index in [4.69, 9.17) is 11.6 Å². The second-order valence-corrected chi connectivity index (χ2v) is 6.56. The molecule has 0 bridgehead atoms. The Morgan fingerprint density at radius 3 is 2.75 bits per heavy atom. The Morgan fingerprint density at radius 2 is 2.12 bits per heavy atom. The number of hydrogen-bond acceptors (Lipinski definition) is 4. The van der Waals surface area contributed by atoms with E-state index in [9.17, 15) is 4.79 Å². The number of aromatic nitrogens is 3. The van der Waals surface area contributed by atoms with Crippen molar-refractivity contribution in [2.45, 2.75) is 25.4 Å². The molecule has 0 unspecified atom stereocenters. The smallest absolute Gasteiger partial charge is 0.272 e. The van der Waals surface area contributed by atoms with Gasteiger partial charge >= 0.3 is 0 Å². The number of carbonyl (C=O) groups excluding carboxylic acids is 1. The molecule has 0 spiro atoms. The second kappa shape index (κ2) is 7.77. The minimum atomic E-state index is -0.0401. The van der Waals surface area contributed by atoms with Gasteiger partial charge in [-0.1, -0.05) is 11.6 Å². The topological polar surface area (TPSA) is 54.3 Å². The average Bonchev–Trinajstić information content (AvgIpc) is 3.13. The zero-order chi connectivity index (χ0) is 16.9. The number of hydrogen-bond donors (Lipinski definition) is 0. The molecular weight excluding hydrogens is 326 g/mol. The summed E-state index contributed by atoms with van der Waals surface area (Å²) >= 11 is 5.83. The van der Waals surface area contributed by atoms with Gasteiger partial charge < -0.3 is 9.80 Å². The van der Waals surface area contributed by atoms with E-state index in [1.807, 2.05) is 28.9 Å². The van der Waals surface area contributed by atoms with E-state index in [2.05, 4.69) is 15.0 Å². The summed E-state index contributed by atoms with van der Waals surface area (Å²) in [5, 5.41) is 4.77. The first kappa shape index (κ1) is 16.9. The van der Waals surface area contributed by atoms with Crippen molar-refractivity contribution in [3.05, 3.63) is 47.5 Å². The summed E-state index contributed by atoms with van der Waals surface area (Å²) in [5.74, 6) is -0.0401. The highest BCUT2D eigenvalue weighted by Gasteiger charge is 2.26. The van der Waals surface area contributed by atoms with Gasteiger partial charge in [0, 0.05) is 51.3 Å².